The molecule has 0 spiro atoms. The van der Waals surface area contributed by atoms with E-state index in [1.807, 2.05) is 0 Å². The largest absolute Gasteiger partial charge is 0.316 e. The van der Waals surface area contributed by atoms with Gasteiger partial charge in [0.15, 0.2) is 0 Å². The molecule has 0 aromatic heterocycles. The third-order valence-electron chi connectivity index (χ3n) is 3.38. The van der Waals surface area contributed by atoms with Crippen LogP contribution in [0.2, 0.25) is 0 Å². The molecule has 0 aromatic rings. The summed E-state index contributed by atoms with van der Waals surface area (Å²) in [4.78, 5) is 0. The molecule has 13 heavy (non-hydrogen) atoms. The van der Waals surface area contributed by atoms with Gasteiger partial charge in [-0.3, -0.25) is 0 Å². The molecule has 1 fully saturated rings. The Morgan fingerprint density at radius 2 is 2.15 bits per heavy atom. The van der Waals surface area contributed by atoms with E-state index in [1.54, 1.807) is 0 Å². The van der Waals surface area contributed by atoms with Gasteiger partial charge in [0.2, 0.25) is 0 Å². The van der Waals surface area contributed by atoms with Gasteiger partial charge in [-0.05, 0) is 44.6 Å². The molecule has 1 heteroatoms. The highest BCUT2D eigenvalue weighted by atomic mass is 14.9. The zero-order chi connectivity index (χ0) is 9.84. The number of hydrogen-bond donors (Lipinski definition) is 1. The van der Waals surface area contributed by atoms with E-state index in [1.165, 1.54) is 18.4 Å². The molecule has 0 aliphatic heterocycles. The van der Waals surface area contributed by atoms with Gasteiger partial charge < -0.3 is 5.32 Å². The number of rotatable bonds is 6. The van der Waals surface area contributed by atoms with Gasteiger partial charge in [0, 0.05) is 6.04 Å². The van der Waals surface area contributed by atoms with E-state index in [2.05, 4.69) is 32.8 Å². The minimum atomic E-state index is 0.653. The summed E-state index contributed by atoms with van der Waals surface area (Å²) in [5, 5.41) is 3.43. The third-order valence-corrected chi connectivity index (χ3v) is 3.38. The van der Waals surface area contributed by atoms with Crippen molar-refractivity contribution in [3.8, 4) is 0 Å². The van der Waals surface area contributed by atoms with Crippen LogP contribution in [-0.2, 0) is 0 Å². The lowest BCUT2D eigenvalue weighted by Crippen LogP contribution is -2.33. The monoisotopic (exact) mass is 181 g/mol. The van der Waals surface area contributed by atoms with Crippen molar-refractivity contribution in [2.75, 3.05) is 7.05 Å². The lowest BCUT2D eigenvalue weighted by molar-refractivity contribution is 0.355. The molecule has 0 aromatic carbocycles. The topological polar surface area (TPSA) is 12.0 Å². The quantitative estimate of drug-likeness (QED) is 0.621. The molecule has 1 rings (SSSR count). The second-order valence-electron chi connectivity index (χ2n) is 4.40. The van der Waals surface area contributed by atoms with Crippen molar-refractivity contribution in [1.82, 2.24) is 5.32 Å². The van der Waals surface area contributed by atoms with Gasteiger partial charge in [0.25, 0.3) is 0 Å². The number of hydrogen-bond acceptors (Lipinski definition) is 1. The highest BCUT2D eigenvalue weighted by Crippen LogP contribution is 2.39. The predicted molar refractivity (Wildman–Crippen MR) is 58.8 cm³/mol. The van der Waals surface area contributed by atoms with Gasteiger partial charge in [-0.2, -0.15) is 0 Å². The average molecular weight is 181 g/mol. The summed E-state index contributed by atoms with van der Waals surface area (Å²) in [6.07, 6.45) is 5.16. The summed E-state index contributed by atoms with van der Waals surface area (Å²) < 4.78 is 0. The second kappa shape index (κ2) is 4.80. The summed E-state index contributed by atoms with van der Waals surface area (Å²) in [5.74, 6) is 1.82. The fourth-order valence-electron chi connectivity index (χ4n) is 1.96. The summed E-state index contributed by atoms with van der Waals surface area (Å²) in [6.45, 7) is 8.65. The van der Waals surface area contributed by atoms with Gasteiger partial charge in [-0.15, -0.1) is 0 Å². The summed E-state index contributed by atoms with van der Waals surface area (Å²) in [6, 6.07) is 0.653. The van der Waals surface area contributed by atoms with Gasteiger partial charge in [0.05, 0.1) is 0 Å². The van der Waals surface area contributed by atoms with Crippen molar-refractivity contribution >= 4 is 0 Å². The van der Waals surface area contributed by atoms with Crippen molar-refractivity contribution < 1.29 is 0 Å². The van der Waals surface area contributed by atoms with Crippen molar-refractivity contribution in [2.45, 2.75) is 45.6 Å². The molecule has 1 nitrogen and oxygen atoms in total. The minimum Gasteiger partial charge on any atom is -0.316 e. The Hall–Kier alpha value is -0.300. The fraction of sp³-hybridized carbons (Fsp3) is 0.833. The van der Waals surface area contributed by atoms with E-state index >= 15 is 0 Å². The Morgan fingerprint density at radius 3 is 2.54 bits per heavy atom. The standard InChI is InChI=1S/C12H23N/c1-5-9(2)8-12(13-4)10(3)11-6-7-11/h10-13H,2,5-8H2,1,3-4H3. The van der Waals surface area contributed by atoms with Crippen LogP contribution in [0.4, 0.5) is 0 Å². The molecule has 1 N–H and O–H groups in total. The Bertz CT molecular complexity index is 170. The summed E-state index contributed by atoms with van der Waals surface area (Å²) in [5.41, 5.74) is 1.38. The van der Waals surface area contributed by atoms with Crippen molar-refractivity contribution in [3.05, 3.63) is 12.2 Å². The molecule has 1 aliphatic carbocycles. The molecule has 0 heterocycles. The third kappa shape index (κ3) is 3.15. The van der Waals surface area contributed by atoms with Crippen LogP contribution in [0.5, 0.6) is 0 Å². The SMILES string of the molecule is C=C(CC)CC(NC)C(C)C1CC1. The Labute approximate surface area is 82.6 Å². The van der Waals surface area contributed by atoms with Crippen LogP contribution < -0.4 is 5.32 Å². The molecule has 1 saturated carbocycles. The van der Waals surface area contributed by atoms with Crippen molar-refractivity contribution in [1.29, 1.82) is 0 Å². The Balaban J connectivity index is 2.36. The average Bonchev–Trinajstić information content (AvgIpc) is 2.95. The second-order valence-corrected chi connectivity index (χ2v) is 4.40. The summed E-state index contributed by atoms with van der Waals surface area (Å²) in [7, 11) is 2.08. The maximum Gasteiger partial charge on any atom is 0.0129 e. The lowest BCUT2D eigenvalue weighted by Gasteiger charge is -2.24. The summed E-state index contributed by atoms with van der Waals surface area (Å²) >= 11 is 0. The van der Waals surface area contributed by atoms with E-state index in [4.69, 9.17) is 0 Å². The molecule has 2 atom stereocenters. The van der Waals surface area contributed by atoms with Crippen molar-refractivity contribution in [3.63, 3.8) is 0 Å². The molecular weight excluding hydrogens is 158 g/mol. The molecule has 0 amide bonds. The minimum absolute atomic E-state index is 0.653. The molecule has 76 valence electrons. The molecule has 0 saturated heterocycles. The lowest BCUT2D eigenvalue weighted by atomic mass is 9.91. The van der Waals surface area contributed by atoms with Crippen LogP contribution in [0.3, 0.4) is 0 Å². The zero-order valence-corrected chi connectivity index (χ0v) is 9.27. The highest BCUT2D eigenvalue weighted by molar-refractivity contribution is 4.99. The van der Waals surface area contributed by atoms with Gasteiger partial charge in [-0.1, -0.05) is 26.0 Å². The fourth-order valence-corrected chi connectivity index (χ4v) is 1.96. The zero-order valence-electron chi connectivity index (χ0n) is 9.27. The van der Waals surface area contributed by atoms with E-state index in [-0.39, 0.29) is 0 Å². The smallest absolute Gasteiger partial charge is 0.0129 e. The first kappa shape index (κ1) is 10.8. The normalized spacial score (nSPS) is 21.2. The van der Waals surface area contributed by atoms with Gasteiger partial charge in [-0.25, -0.2) is 0 Å². The van der Waals surface area contributed by atoms with Crippen molar-refractivity contribution in [2.24, 2.45) is 11.8 Å². The maximum absolute atomic E-state index is 4.08. The van der Waals surface area contributed by atoms with E-state index in [9.17, 15) is 0 Å². The van der Waals surface area contributed by atoms with E-state index in [0.29, 0.717) is 6.04 Å². The molecule has 1 aliphatic rings. The maximum atomic E-state index is 4.08. The van der Waals surface area contributed by atoms with Gasteiger partial charge in [0.1, 0.15) is 0 Å². The van der Waals surface area contributed by atoms with Crippen LogP contribution >= 0.6 is 0 Å². The van der Waals surface area contributed by atoms with E-state index < -0.39 is 0 Å². The highest BCUT2D eigenvalue weighted by Gasteiger charge is 2.32. The first-order chi connectivity index (χ1) is 6.19. The molecule has 0 bridgehead atoms. The van der Waals surface area contributed by atoms with E-state index in [0.717, 1.165) is 24.7 Å². The van der Waals surface area contributed by atoms with Crippen LogP contribution in [0.15, 0.2) is 12.2 Å². The predicted octanol–water partition coefficient (Wildman–Crippen LogP) is 2.98. The van der Waals surface area contributed by atoms with Crippen LogP contribution in [-0.4, -0.2) is 13.1 Å². The molecule has 2 unspecified atom stereocenters. The number of nitrogens with one attached hydrogen (secondary N) is 1. The first-order valence-electron chi connectivity index (χ1n) is 5.53. The Kier molecular flexibility index (Phi) is 3.98. The first-order valence-corrected chi connectivity index (χ1v) is 5.53. The van der Waals surface area contributed by atoms with Crippen LogP contribution in [0.25, 0.3) is 0 Å². The Morgan fingerprint density at radius 1 is 1.54 bits per heavy atom. The molecular formula is C12H23N. The van der Waals surface area contributed by atoms with Crippen LogP contribution in [0.1, 0.15) is 39.5 Å². The van der Waals surface area contributed by atoms with Gasteiger partial charge >= 0.3 is 0 Å². The van der Waals surface area contributed by atoms with Crippen LogP contribution in [0, 0.1) is 11.8 Å². The molecule has 0 radical (unpaired) electrons.